The average Bonchev–Trinajstić information content (AvgIpc) is 2.85. The molecule has 3 rings (SSSR count). The van der Waals surface area contributed by atoms with Gasteiger partial charge < -0.3 is 0 Å². The standard InChI is InChI=1S/C17H15ClFN5/c1-12-15(10-21-22-16-4-2-3-9-20-16)17(18)24(23-12)11-13-5-7-14(19)8-6-13/h2-10H,11H2,1H3,(H,20,22). The second kappa shape index (κ2) is 7.23. The molecule has 0 saturated heterocycles. The molecule has 0 amide bonds. The Labute approximate surface area is 143 Å². The lowest BCUT2D eigenvalue weighted by Gasteiger charge is -2.03. The number of aromatic nitrogens is 3. The maximum atomic E-state index is 13.0. The average molecular weight is 344 g/mol. The number of pyridine rings is 1. The third-order valence-corrected chi connectivity index (χ3v) is 3.79. The van der Waals surface area contributed by atoms with Crippen LogP contribution < -0.4 is 5.43 Å². The molecule has 0 atom stereocenters. The lowest BCUT2D eigenvalue weighted by Crippen LogP contribution is -2.02. The van der Waals surface area contributed by atoms with E-state index in [1.807, 2.05) is 25.1 Å². The normalized spacial score (nSPS) is 11.1. The summed E-state index contributed by atoms with van der Waals surface area (Å²) >= 11 is 6.38. The van der Waals surface area contributed by atoms with Gasteiger partial charge in [-0.05, 0) is 36.8 Å². The Morgan fingerprint density at radius 1 is 1.25 bits per heavy atom. The molecule has 0 spiro atoms. The summed E-state index contributed by atoms with van der Waals surface area (Å²) in [6.07, 6.45) is 3.29. The van der Waals surface area contributed by atoms with Crippen LogP contribution in [0.2, 0.25) is 5.15 Å². The van der Waals surface area contributed by atoms with E-state index in [-0.39, 0.29) is 5.82 Å². The maximum Gasteiger partial charge on any atom is 0.146 e. The molecule has 0 unspecified atom stereocenters. The number of hydrogen-bond donors (Lipinski definition) is 1. The van der Waals surface area contributed by atoms with Crippen molar-refractivity contribution in [2.45, 2.75) is 13.5 Å². The Bertz CT molecular complexity index is 843. The summed E-state index contributed by atoms with van der Waals surface area (Å²) in [7, 11) is 0. The lowest BCUT2D eigenvalue weighted by atomic mass is 10.2. The first-order valence-electron chi connectivity index (χ1n) is 7.31. The first-order valence-corrected chi connectivity index (χ1v) is 7.69. The molecule has 0 bridgehead atoms. The van der Waals surface area contributed by atoms with Gasteiger partial charge in [-0.15, -0.1) is 0 Å². The fourth-order valence-electron chi connectivity index (χ4n) is 2.17. The molecular weight excluding hydrogens is 329 g/mol. The maximum absolute atomic E-state index is 13.0. The zero-order chi connectivity index (χ0) is 16.9. The molecule has 0 aliphatic heterocycles. The smallest absolute Gasteiger partial charge is 0.146 e. The van der Waals surface area contributed by atoms with Crippen LogP contribution in [-0.2, 0) is 6.54 Å². The predicted molar refractivity (Wildman–Crippen MR) is 92.9 cm³/mol. The third-order valence-electron chi connectivity index (χ3n) is 3.39. The van der Waals surface area contributed by atoms with Gasteiger partial charge in [-0.1, -0.05) is 29.8 Å². The Morgan fingerprint density at radius 3 is 2.75 bits per heavy atom. The van der Waals surface area contributed by atoms with E-state index in [1.165, 1.54) is 12.1 Å². The molecule has 1 N–H and O–H groups in total. The number of benzene rings is 1. The molecule has 0 saturated carbocycles. The molecule has 2 heterocycles. The first-order chi connectivity index (χ1) is 11.6. The van der Waals surface area contributed by atoms with Crippen molar-refractivity contribution in [2.75, 3.05) is 5.43 Å². The van der Waals surface area contributed by atoms with Gasteiger partial charge in [-0.2, -0.15) is 10.2 Å². The molecule has 0 fully saturated rings. The second-order valence-corrected chi connectivity index (χ2v) is 5.52. The van der Waals surface area contributed by atoms with Gasteiger partial charge in [0, 0.05) is 6.20 Å². The van der Waals surface area contributed by atoms with Crippen molar-refractivity contribution >= 4 is 23.6 Å². The molecule has 0 aliphatic carbocycles. The van der Waals surface area contributed by atoms with Gasteiger partial charge in [0.25, 0.3) is 0 Å². The van der Waals surface area contributed by atoms with E-state index in [0.717, 1.165) is 16.8 Å². The molecule has 122 valence electrons. The van der Waals surface area contributed by atoms with Gasteiger partial charge in [-0.3, -0.25) is 5.43 Å². The highest BCUT2D eigenvalue weighted by molar-refractivity contribution is 6.32. The van der Waals surface area contributed by atoms with E-state index in [2.05, 4.69) is 20.6 Å². The van der Waals surface area contributed by atoms with Crippen molar-refractivity contribution in [3.05, 3.63) is 76.5 Å². The molecule has 3 aromatic rings. The highest BCUT2D eigenvalue weighted by Gasteiger charge is 2.12. The number of nitrogens with one attached hydrogen (secondary N) is 1. The number of hydrazone groups is 1. The van der Waals surface area contributed by atoms with Crippen LogP contribution in [-0.4, -0.2) is 21.0 Å². The number of hydrogen-bond acceptors (Lipinski definition) is 4. The van der Waals surface area contributed by atoms with Crippen LogP contribution in [0, 0.1) is 12.7 Å². The number of nitrogens with zero attached hydrogens (tertiary/aromatic N) is 4. The van der Waals surface area contributed by atoms with Gasteiger partial charge in [0.1, 0.15) is 16.8 Å². The van der Waals surface area contributed by atoms with Crippen molar-refractivity contribution < 1.29 is 4.39 Å². The lowest BCUT2D eigenvalue weighted by molar-refractivity contribution is 0.624. The molecule has 2 aromatic heterocycles. The summed E-state index contributed by atoms with van der Waals surface area (Å²) in [6.45, 7) is 2.32. The van der Waals surface area contributed by atoms with Crippen LogP contribution in [0.15, 0.2) is 53.8 Å². The van der Waals surface area contributed by atoms with Crippen molar-refractivity contribution in [1.29, 1.82) is 0 Å². The summed E-state index contributed by atoms with van der Waals surface area (Å²) in [5, 5.41) is 9.03. The van der Waals surface area contributed by atoms with E-state index >= 15 is 0 Å². The molecule has 1 aromatic carbocycles. The molecule has 0 aliphatic rings. The van der Waals surface area contributed by atoms with Crippen molar-refractivity contribution in [1.82, 2.24) is 14.8 Å². The van der Waals surface area contributed by atoms with E-state index in [0.29, 0.717) is 17.5 Å². The van der Waals surface area contributed by atoms with E-state index in [1.54, 1.807) is 29.2 Å². The zero-order valence-corrected chi connectivity index (χ0v) is 13.7. The largest absolute Gasteiger partial charge is 0.261 e. The third kappa shape index (κ3) is 3.78. The van der Waals surface area contributed by atoms with Crippen molar-refractivity contribution in [3.63, 3.8) is 0 Å². The molecule has 24 heavy (non-hydrogen) atoms. The zero-order valence-electron chi connectivity index (χ0n) is 12.9. The Morgan fingerprint density at radius 2 is 2.04 bits per heavy atom. The van der Waals surface area contributed by atoms with Crippen LogP contribution in [0.3, 0.4) is 0 Å². The summed E-state index contributed by atoms with van der Waals surface area (Å²) < 4.78 is 14.6. The van der Waals surface area contributed by atoms with Crippen LogP contribution in [0.5, 0.6) is 0 Å². The molecule has 5 nitrogen and oxygen atoms in total. The predicted octanol–water partition coefficient (Wildman–Crippen LogP) is 3.87. The van der Waals surface area contributed by atoms with E-state index in [4.69, 9.17) is 11.6 Å². The van der Waals surface area contributed by atoms with Crippen LogP contribution >= 0.6 is 11.6 Å². The topological polar surface area (TPSA) is 55.1 Å². The minimum Gasteiger partial charge on any atom is -0.261 e. The minimum atomic E-state index is -0.269. The van der Waals surface area contributed by atoms with E-state index < -0.39 is 0 Å². The number of aryl methyl sites for hydroxylation is 1. The van der Waals surface area contributed by atoms with Crippen LogP contribution in [0.25, 0.3) is 0 Å². The first kappa shape index (κ1) is 16.1. The van der Waals surface area contributed by atoms with E-state index in [9.17, 15) is 4.39 Å². The fraction of sp³-hybridized carbons (Fsp3) is 0.118. The molecule has 0 radical (unpaired) electrons. The van der Waals surface area contributed by atoms with Crippen LogP contribution in [0.4, 0.5) is 10.2 Å². The van der Waals surface area contributed by atoms with Gasteiger partial charge in [0.05, 0.1) is 24.0 Å². The number of halogens is 2. The summed E-state index contributed by atoms with van der Waals surface area (Å²) in [5.74, 6) is 0.371. The summed E-state index contributed by atoms with van der Waals surface area (Å²) in [6, 6.07) is 11.7. The SMILES string of the molecule is Cc1nn(Cc2ccc(F)cc2)c(Cl)c1C=NNc1ccccn1. The Kier molecular flexibility index (Phi) is 4.86. The van der Waals surface area contributed by atoms with Gasteiger partial charge in [-0.25, -0.2) is 14.1 Å². The molecule has 7 heteroatoms. The van der Waals surface area contributed by atoms with Crippen molar-refractivity contribution in [3.8, 4) is 0 Å². The summed E-state index contributed by atoms with van der Waals surface area (Å²) in [4.78, 5) is 4.11. The van der Waals surface area contributed by atoms with Gasteiger partial charge >= 0.3 is 0 Å². The highest BCUT2D eigenvalue weighted by Crippen LogP contribution is 2.19. The fourth-order valence-corrected chi connectivity index (χ4v) is 2.46. The molecular formula is C17H15ClFN5. The highest BCUT2D eigenvalue weighted by atomic mass is 35.5. The Balaban J connectivity index is 1.75. The number of anilines is 1. The minimum absolute atomic E-state index is 0.269. The Hall–Kier alpha value is -2.73. The van der Waals surface area contributed by atoms with Gasteiger partial charge in [0.15, 0.2) is 0 Å². The summed E-state index contributed by atoms with van der Waals surface area (Å²) in [5.41, 5.74) is 5.23. The monoisotopic (exact) mass is 343 g/mol. The van der Waals surface area contributed by atoms with Gasteiger partial charge in [0.2, 0.25) is 0 Å². The second-order valence-electron chi connectivity index (χ2n) is 5.16. The quantitative estimate of drug-likeness (QED) is 0.565. The van der Waals surface area contributed by atoms with Crippen LogP contribution in [0.1, 0.15) is 16.8 Å². The number of rotatable bonds is 5. The van der Waals surface area contributed by atoms with Crippen molar-refractivity contribution in [2.24, 2.45) is 5.10 Å².